The molecule has 24 heavy (non-hydrogen) atoms. The zero-order valence-electron chi connectivity index (χ0n) is 12.7. The number of anilines is 1. The van der Waals surface area contributed by atoms with Crippen LogP contribution in [0.5, 0.6) is 0 Å². The lowest BCUT2D eigenvalue weighted by atomic mass is 10.0. The van der Waals surface area contributed by atoms with Crippen LogP contribution in [0.4, 0.5) is 18.9 Å². The highest BCUT2D eigenvalue weighted by Crippen LogP contribution is 2.17. The summed E-state index contributed by atoms with van der Waals surface area (Å²) in [4.78, 5) is 23.8. The maximum absolute atomic E-state index is 12.3. The lowest BCUT2D eigenvalue weighted by Crippen LogP contribution is -2.20. The number of ketones is 1. The number of halogens is 3. The molecule has 4 nitrogen and oxygen atoms in total. The molecule has 2 rings (SSSR count). The van der Waals surface area contributed by atoms with Crippen molar-refractivity contribution in [2.24, 2.45) is 0 Å². The first-order valence-electron chi connectivity index (χ1n) is 6.96. The normalized spacial score (nSPS) is 11.0. The van der Waals surface area contributed by atoms with E-state index in [0.29, 0.717) is 11.1 Å². The van der Waals surface area contributed by atoms with Crippen LogP contribution >= 0.6 is 0 Å². The van der Waals surface area contributed by atoms with Gasteiger partial charge in [0.05, 0.1) is 5.56 Å². The van der Waals surface area contributed by atoms with E-state index >= 15 is 0 Å². The summed E-state index contributed by atoms with van der Waals surface area (Å²) in [5.74, 6) is -1.35. The quantitative estimate of drug-likeness (QED) is 0.668. The fraction of sp³-hybridized carbons (Fsp3) is 0.176. The number of carbonyl (C=O) groups excluding carboxylic acids is 2. The number of hydrogen-bond acceptors (Lipinski definition) is 4. The van der Waals surface area contributed by atoms with Gasteiger partial charge in [-0.15, -0.1) is 0 Å². The van der Waals surface area contributed by atoms with Gasteiger partial charge in [-0.25, -0.2) is 4.79 Å². The molecular formula is C17H14F3NO3. The van der Waals surface area contributed by atoms with Gasteiger partial charge in [0.25, 0.3) is 0 Å². The van der Waals surface area contributed by atoms with Crippen molar-refractivity contribution < 1.29 is 27.5 Å². The molecule has 2 aromatic carbocycles. The summed E-state index contributed by atoms with van der Waals surface area (Å²) in [6, 6.07) is 12.1. The smallest absolute Gasteiger partial charge is 0.422 e. The van der Waals surface area contributed by atoms with E-state index in [0.717, 1.165) is 5.69 Å². The van der Waals surface area contributed by atoms with Gasteiger partial charge in [-0.2, -0.15) is 13.2 Å². The summed E-state index contributed by atoms with van der Waals surface area (Å²) in [7, 11) is 1.76. The highest BCUT2D eigenvalue weighted by molar-refractivity contribution is 6.09. The summed E-state index contributed by atoms with van der Waals surface area (Å²) >= 11 is 0. The highest BCUT2D eigenvalue weighted by atomic mass is 19.4. The van der Waals surface area contributed by atoms with E-state index in [1.165, 1.54) is 24.3 Å². The van der Waals surface area contributed by atoms with E-state index in [1.807, 2.05) is 0 Å². The number of carbonyl (C=O) groups is 2. The maximum Gasteiger partial charge on any atom is 0.422 e. The molecule has 0 spiro atoms. The second-order valence-corrected chi connectivity index (χ2v) is 4.93. The first-order chi connectivity index (χ1) is 11.3. The van der Waals surface area contributed by atoms with Crippen LogP contribution in [-0.4, -0.2) is 31.6 Å². The number of benzene rings is 2. The Morgan fingerprint density at radius 2 is 1.38 bits per heavy atom. The predicted molar refractivity (Wildman–Crippen MR) is 82.2 cm³/mol. The molecule has 0 fully saturated rings. The van der Waals surface area contributed by atoms with Gasteiger partial charge in [-0.3, -0.25) is 4.79 Å². The predicted octanol–water partition coefficient (Wildman–Crippen LogP) is 3.68. The average molecular weight is 337 g/mol. The molecule has 0 saturated carbocycles. The second kappa shape index (κ2) is 7.16. The molecule has 0 atom stereocenters. The van der Waals surface area contributed by atoms with Crippen LogP contribution in [0.15, 0.2) is 48.5 Å². The molecule has 0 bridgehead atoms. The minimum atomic E-state index is -4.58. The molecule has 0 saturated heterocycles. The minimum absolute atomic E-state index is 0.0543. The van der Waals surface area contributed by atoms with Gasteiger partial charge in [0.1, 0.15) is 0 Å². The zero-order valence-corrected chi connectivity index (χ0v) is 12.7. The Bertz CT molecular complexity index is 722. The van der Waals surface area contributed by atoms with Crippen LogP contribution < -0.4 is 5.32 Å². The number of hydrogen-bond donors (Lipinski definition) is 1. The Morgan fingerprint density at radius 1 is 0.917 bits per heavy atom. The van der Waals surface area contributed by atoms with Crippen molar-refractivity contribution in [3.05, 3.63) is 65.2 Å². The summed E-state index contributed by atoms with van der Waals surface area (Å²) in [6.07, 6.45) is -4.58. The molecule has 1 N–H and O–H groups in total. The topological polar surface area (TPSA) is 55.4 Å². The van der Waals surface area contributed by atoms with Crippen molar-refractivity contribution in [1.29, 1.82) is 0 Å². The second-order valence-electron chi connectivity index (χ2n) is 4.93. The molecule has 0 aliphatic heterocycles. The molecule has 2 aromatic rings. The summed E-state index contributed by atoms with van der Waals surface area (Å²) in [5.41, 5.74) is 1.58. The molecule has 0 radical (unpaired) electrons. The Morgan fingerprint density at radius 3 is 1.83 bits per heavy atom. The van der Waals surface area contributed by atoms with E-state index in [9.17, 15) is 22.8 Å². The molecule has 0 aliphatic rings. The number of rotatable bonds is 5. The first kappa shape index (κ1) is 17.5. The molecule has 0 unspecified atom stereocenters. The van der Waals surface area contributed by atoms with Crippen molar-refractivity contribution in [2.75, 3.05) is 19.0 Å². The van der Waals surface area contributed by atoms with Crippen LogP contribution in [-0.2, 0) is 4.74 Å². The van der Waals surface area contributed by atoms with Crippen LogP contribution in [0.25, 0.3) is 0 Å². The van der Waals surface area contributed by atoms with Gasteiger partial charge < -0.3 is 10.1 Å². The fourth-order valence-electron chi connectivity index (χ4n) is 1.94. The number of nitrogens with one attached hydrogen (secondary N) is 1. The van der Waals surface area contributed by atoms with Crippen molar-refractivity contribution in [1.82, 2.24) is 0 Å². The number of ether oxygens (including phenoxy) is 1. The summed E-state index contributed by atoms with van der Waals surface area (Å²) in [5, 5.41) is 2.93. The molecule has 7 heteroatoms. The van der Waals surface area contributed by atoms with Gasteiger partial charge >= 0.3 is 12.1 Å². The lowest BCUT2D eigenvalue weighted by molar-refractivity contribution is -0.161. The fourth-order valence-corrected chi connectivity index (χ4v) is 1.94. The molecule has 126 valence electrons. The SMILES string of the molecule is CNc1ccc(C(=O)c2ccc(C(=O)OCC(F)(F)F)cc2)cc1. The lowest BCUT2D eigenvalue weighted by Gasteiger charge is -2.08. The monoisotopic (exact) mass is 337 g/mol. The molecular weight excluding hydrogens is 323 g/mol. The van der Waals surface area contributed by atoms with Gasteiger partial charge in [0, 0.05) is 23.9 Å². The third-order valence-corrected chi connectivity index (χ3v) is 3.19. The highest BCUT2D eigenvalue weighted by Gasteiger charge is 2.29. The van der Waals surface area contributed by atoms with Crippen molar-refractivity contribution >= 4 is 17.4 Å². The van der Waals surface area contributed by atoms with E-state index < -0.39 is 18.8 Å². The summed E-state index contributed by atoms with van der Waals surface area (Å²) in [6.45, 7) is -1.65. The van der Waals surface area contributed by atoms with Gasteiger partial charge in [0.15, 0.2) is 12.4 Å². The van der Waals surface area contributed by atoms with E-state index in [4.69, 9.17) is 0 Å². The largest absolute Gasteiger partial charge is 0.452 e. The average Bonchev–Trinajstić information content (AvgIpc) is 2.58. The van der Waals surface area contributed by atoms with Gasteiger partial charge in [-0.05, 0) is 36.4 Å². The third-order valence-electron chi connectivity index (χ3n) is 3.19. The van der Waals surface area contributed by atoms with Crippen molar-refractivity contribution in [2.45, 2.75) is 6.18 Å². The standard InChI is InChI=1S/C17H14F3NO3/c1-21-14-8-6-12(7-9-14)15(22)11-2-4-13(5-3-11)16(23)24-10-17(18,19)20/h2-9,21H,10H2,1H3. The van der Waals surface area contributed by atoms with Gasteiger partial charge in [-0.1, -0.05) is 12.1 Å². The number of alkyl halides is 3. The minimum Gasteiger partial charge on any atom is -0.452 e. The van der Waals surface area contributed by atoms with Crippen molar-refractivity contribution in [3.63, 3.8) is 0 Å². The summed E-state index contributed by atoms with van der Waals surface area (Å²) < 4.78 is 40.2. The van der Waals surface area contributed by atoms with E-state index in [1.54, 1.807) is 31.3 Å². The zero-order chi connectivity index (χ0) is 17.7. The van der Waals surface area contributed by atoms with Crippen LogP contribution in [0.2, 0.25) is 0 Å². The Balaban J connectivity index is 2.07. The van der Waals surface area contributed by atoms with E-state index in [2.05, 4.69) is 10.1 Å². The Labute approximate surface area is 136 Å². The van der Waals surface area contributed by atoms with Crippen LogP contribution in [0.3, 0.4) is 0 Å². The van der Waals surface area contributed by atoms with Crippen LogP contribution in [0, 0.1) is 0 Å². The third kappa shape index (κ3) is 4.58. The first-order valence-corrected chi connectivity index (χ1v) is 6.96. The molecule has 0 aliphatic carbocycles. The maximum atomic E-state index is 12.3. The molecule has 0 amide bonds. The van der Waals surface area contributed by atoms with Crippen LogP contribution in [0.1, 0.15) is 26.3 Å². The number of esters is 1. The van der Waals surface area contributed by atoms with Gasteiger partial charge in [0.2, 0.25) is 0 Å². The Hall–Kier alpha value is -2.83. The molecule has 0 heterocycles. The Kier molecular flexibility index (Phi) is 5.23. The molecule has 0 aromatic heterocycles. The van der Waals surface area contributed by atoms with E-state index in [-0.39, 0.29) is 11.3 Å². The van der Waals surface area contributed by atoms with Crippen molar-refractivity contribution in [3.8, 4) is 0 Å².